The highest BCUT2D eigenvalue weighted by Crippen LogP contribution is 2.51. The van der Waals surface area contributed by atoms with Gasteiger partial charge >= 0.3 is 0 Å². The number of amides is 1. The van der Waals surface area contributed by atoms with Crippen LogP contribution in [0.2, 0.25) is 0 Å². The summed E-state index contributed by atoms with van der Waals surface area (Å²) in [6.07, 6.45) is 2.29. The van der Waals surface area contributed by atoms with Crippen molar-refractivity contribution >= 4 is 5.91 Å². The fourth-order valence-electron chi connectivity index (χ4n) is 5.18. The van der Waals surface area contributed by atoms with E-state index in [0.29, 0.717) is 24.3 Å². The van der Waals surface area contributed by atoms with Gasteiger partial charge in [-0.05, 0) is 17.2 Å². The molecule has 6 nitrogen and oxygen atoms in total. The zero-order valence-corrected chi connectivity index (χ0v) is 15.8. The number of benzene rings is 1. The first kappa shape index (κ1) is 17.0. The number of morpholine rings is 1. The molecule has 0 radical (unpaired) electrons. The Bertz CT molecular complexity index is 842. The highest BCUT2D eigenvalue weighted by Gasteiger charge is 2.49. The molecule has 2 aliphatic heterocycles. The molecule has 1 aromatic carbocycles. The molecule has 1 amide bonds. The smallest absolute Gasteiger partial charge is 0.228 e. The quantitative estimate of drug-likeness (QED) is 0.828. The number of aryl methyl sites for hydroxylation is 1. The maximum Gasteiger partial charge on any atom is 0.228 e. The van der Waals surface area contributed by atoms with E-state index in [-0.39, 0.29) is 5.91 Å². The number of ether oxygens (including phenoxy) is 1. The lowest BCUT2D eigenvalue weighted by atomic mass is 9.93. The summed E-state index contributed by atoms with van der Waals surface area (Å²) in [5.41, 5.74) is 3.75. The summed E-state index contributed by atoms with van der Waals surface area (Å²) in [5, 5.41) is 4.37. The normalized spacial score (nSPS) is 27.6. The number of nitrogens with zero attached hydrogens (tertiary/aromatic N) is 4. The molecule has 3 aliphatic rings. The van der Waals surface area contributed by atoms with Gasteiger partial charge in [-0.15, -0.1) is 0 Å². The summed E-state index contributed by atoms with van der Waals surface area (Å²) in [4.78, 5) is 17.5. The number of fused-ring (bicyclic) bond motifs is 3. The van der Waals surface area contributed by atoms with Gasteiger partial charge in [0.2, 0.25) is 5.91 Å². The van der Waals surface area contributed by atoms with E-state index >= 15 is 0 Å². The fraction of sp³-hybridized carbons (Fsp3) is 0.524. The Kier molecular flexibility index (Phi) is 4.25. The summed E-state index contributed by atoms with van der Waals surface area (Å²) in [6, 6.07) is 11.2. The van der Waals surface area contributed by atoms with Crippen LogP contribution in [0, 0.1) is 5.92 Å². The Balaban J connectivity index is 1.38. The average molecular weight is 366 g/mol. The average Bonchev–Trinajstić information content (AvgIpc) is 3.36. The van der Waals surface area contributed by atoms with Crippen LogP contribution in [-0.2, 0) is 23.0 Å². The number of carbonyl (C=O) groups excluding carboxylic acids is 1. The molecule has 27 heavy (non-hydrogen) atoms. The molecule has 0 spiro atoms. The molecule has 1 aliphatic carbocycles. The van der Waals surface area contributed by atoms with Gasteiger partial charge in [0.15, 0.2) is 0 Å². The summed E-state index contributed by atoms with van der Waals surface area (Å²) in [7, 11) is 1.89. The van der Waals surface area contributed by atoms with E-state index in [4.69, 9.17) is 4.74 Å². The lowest BCUT2D eigenvalue weighted by Crippen LogP contribution is -2.42. The first-order chi connectivity index (χ1) is 13.2. The first-order valence-corrected chi connectivity index (χ1v) is 9.87. The van der Waals surface area contributed by atoms with Crippen molar-refractivity contribution in [2.75, 3.05) is 39.4 Å². The minimum absolute atomic E-state index is 0.196. The topological polar surface area (TPSA) is 50.6 Å². The maximum atomic E-state index is 12.9. The molecule has 0 N–H and O–H groups in total. The standard InChI is InChI=1S/C21H26N4O2/c1-23-7-6-15(22-23)12-20(26)25-13-18-16-4-2-3-5-17(16)21(19(18)14-25)24-8-10-27-11-9-24/h2-7,18-19,21H,8-14H2,1H3/t18-,19-,21-/m0/s1. The maximum absolute atomic E-state index is 12.9. The molecule has 6 heteroatoms. The summed E-state index contributed by atoms with van der Waals surface area (Å²) < 4.78 is 7.33. The van der Waals surface area contributed by atoms with E-state index in [1.807, 2.05) is 19.3 Å². The SMILES string of the molecule is Cn1ccc(CC(=O)N2C[C@H]3[C@@H](C2)c2ccccc2[C@@H]3N2CCOCC2)n1. The molecule has 2 aromatic rings. The van der Waals surface area contributed by atoms with E-state index in [9.17, 15) is 4.79 Å². The van der Waals surface area contributed by atoms with Gasteiger partial charge in [-0.25, -0.2) is 0 Å². The summed E-state index contributed by atoms with van der Waals surface area (Å²) >= 11 is 0. The third kappa shape index (κ3) is 2.97. The molecule has 3 heterocycles. The minimum Gasteiger partial charge on any atom is -0.379 e. The highest BCUT2D eigenvalue weighted by molar-refractivity contribution is 5.79. The van der Waals surface area contributed by atoms with Crippen molar-refractivity contribution in [3.63, 3.8) is 0 Å². The third-order valence-electron chi connectivity index (χ3n) is 6.38. The molecule has 5 rings (SSSR count). The van der Waals surface area contributed by atoms with Crippen LogP contribution in [0.5, 0.6) is 0 Å². The van der Waals surface area contributed by atoms with E-state index in [1.54, 1.807) is 4.68 Å². The predicted molar refractivity (Wildman–Crippen MR) is 101 cm³/mol. The Morgan fingerprint density at radius 3 is 2.67 bits per heavy atom. The van der Waals surface area contributed by atoms with Crippen LogP contribution in [0.1, 0.15) is 28.8 Å². The summed E-state index contributed by atoms with van der Waals surface area (Å²) in [6.45, 7) is 5.23. The van der Waals surface area contributed by atoms with Gasteiger partial charge in [0.25, 0.3) is 0 Å². The zero-order chi connectivity index (χ0) is 18.4. The van der Waals surface area contributed by atoms with Crippen molar-refractivity contribution in [2.45, 2.75) is 18.4 Å². The molecule has 0 saturated carbocycles. The second-order valence-electron chi connectivity index (χ2n) is 7.95. The molecule has 3 atom stereocenters. The monoisotopic (exact) mass is 366 g/mol. The molecule has 0 unspecified atom stereocenters. The van der Waals surface area contributed by atoms with Crippen molar-refractivity contribution in [1.82, 2.24) is 19.6 Å². The lowest BCUT2D eigenvalue weighted by molar-refractivity contribution is -0.129. The largest absolute Gasteiger partial charge is 0.379 e. The van der Waals surface area contributed by atoms with Crippen LogP contribution < -0.4 is 0 Å². The van der Waals surface area contributed by atoms with Crippen LogP contribution >= 0.6 is 0 Å². The van der Waals surface area contributed by atoms with Crippen molar-refractivity contribution < 1.29 is 9.53 Å². The second-order valence-corrected chi connectivity index (χ2v) is 7.95. The number of hydrogen-bond donors (Lipinski definition) is 0. The van der Waals surface area contributed by atoms with Crippen molar-refractivity contribution in [3.8, 4) is 0 Å². The van der Waals surface area contributed by atoms with Gasteiger partial charge in [-0.3, -0.25) is 14.4 Å². The van der Waals surface area contributed by atoms with Gasteiger partial charge in [-0.2, -0.15) is 5.10 Å². The van der Waals surface area contributed by atoms with Crippen LogP contribution in [0.15, 0.2) is 36.5 Å². The van der Waals surface area contributed by atoms with E-state index in [0.717, 1.165) is 45.1 Å². The van der Waals surface area contributed by atoms with Crippen LogP contribution in [0.3, 0.4) is 0 Å². The zero-order valence-electron chi connectivity index (χ0n) is 15.8. The predicted octanol–water partition coefficient (Wildman–Crippen LogP) is 1.59. The van der Waals surface area contributed by atoms with Gasteiger partial charge in [0.1, 0.15) is 0 Å². The third-order valence-corrected chi connectivity index (χ3v) is 6.38. The van der Waals surface area contributed by atoms with Gasteiger partial charge in [0, 0.05) is 57.3 Å². The molecule has 2 saturated heterocycles. The molecule has 1 aromatic heterocycles. The fourth-order valence-corrected chi connectivity index (χ4v) is 5.18. The highest BCUT2D eigenvalue weighted by atomic mass is 16.5. The van der Waals surface area contributed by atoms with Crippen molar-refractivity contribution in [1.29, 1.82) is 0 Å². The van der Waals surface area contributed by atoms with Gasteiger partial charge in [-0.1, -0.05) is 24.3 Å². The number of likely N-dealkylation sites (tertiary alicyclic amines) is 1. The van der Waals surface area contributed by atoms with Crippen LogP contribution in [-0.4, -0.2) is 64.9 Å². The summed E-state index contributed by atoms with van der Waals surface area (Å²) in [5.74, 6) is 1.12. The Morgan fingerprint density at radius 1 is 1.15 bits per heavy atom. The number of aromatic nitrogens is 2. The van der Waals surface area contributed by atoms with E-state index in [2.05, 4.69) is 39.2 Å². The van der Waals surface area contributed by atoms with E-state index in [1.165, 1.54) is 11.1 Å². The van der Waals surface area contributed by atoms with E-state index < -0.39 is 0 Å². The first-order valence-electron chi connectivity index (χ1n) is 9.87. The Hall–Kier alpha value is -2.18. The van der Waals surface area contributed by atoms with Crippen LogP contribution in [0.4, 0.5) is 0 Å². The van der Waals surface area contributed by atoms with Crippen LogP contribution in [0.25, 0.3) is 0 Å². The van der Waals surface area contributed by atoms with Crippen molar-refractivity contribution in [3.05, 3.63) is 53.3 Å². The Morgan fingerprint density at radius 2 is 1.93 bits per heavy atom. The molecular formula is C21H26N4O2. The molecule has 0 bridgehead atoms. The Labute approximate surface area is 159 Å². The molecule has 142 valence electrons. The second kappa shape index (κ2) is 6.77. The minimum atomic E-state index is 0.196. The molecule has 2 fully saturated rings. The number of rotatable bonds is 3. The van der Waals surface area contributed by atoms with Gasteiger partial charge in [0.05, 0.1) is 25.3 Å². The van der Waals surface area contributed by atoms with Gasteiger partial charge < -0.3 is 9.64 Å². The lowest BCUT2D eigenvalue weighted by Gasteiger charge is -2.36. The number of hydrogen-bond acceptors (Lipinski definition) is 4. The number of carbonyl (C=O) groups is 1. The molecular weight excluding hydrogens is 340 g/mol. The van der Waals surface area contributed by atoms with Crippen molar-refractivity contribution in [2.24, 2.45) is 13.0 Å².